The summed E-state index contributed by atoms with van der Waals surface area (Å²) in [5.74, 6) is 0.305. The van der Waals surface area contributed by atoms with E-state index in [0.29, 0.717) is 25.0 Å². The molecule has 1 heterocycles. The maximum atomic E-state index is 12.2. The Morgan fingerprint density at radius 1 is 1.50 bits per heavy atom. The molecule has 0 aromatic heterocycles. The van der Waals surface area contributed by atoms with Gasteiger partial charge >= 0.3 is 6.18 Å². The largest absolute Gasteiger partial charge is 0.415 e. The van der Waals surface area contributed by atoms with Gasteiger partial charge in [0.25, 0.3) is 0 Å². The lowest BCUT2D eigenvalue weighted by atomic mass is 9.94. The number of nitrogens with one attached hydrogen (secondary N) is 1. The van der Waals surface area contributed by atoms with E-state index in [0.717, 1.165) is 6.42 Å². The van der Waals surface area contributed by atoms with Gasteiger partial charge in [-0.3, -0.25) is 0 Å². The van der Waals surface area contributed by atoms with Crippen LogP contribution in [0.1, 0.15) is 13.3 Å². The Kier molecular flexibility index (Phi) is 4.58. The van der Waals surface area contributed by atoms with Crippen molar-refractivity contribution in [2.45, 2.75) is 31.7 Å². The fourth-order valence-electron chi connectivity index (χ4n) is 2.17. The van der Waals surface area contributed by atoms with E-state index >= 15 is 0 Å². The molecule has 0 saturated carbocycles. The van der Waals surface area contributed by atoms with Crippen LogP contribution >= 0.6 is 0 Å². The van der Waals surface area contributed by atoms with Crippen LogP contribution in [0.2, 0.25) is 0 Å². The third kappa shape index (κ3) is 3.61. The van der Waals surface area contributed by atoms with Gasteiger partial charge in [-0.25, -0.2) is 0 Å². The van der Waals surface area contributed by atoms with E-state index in [4.69, 9.17) is 5.11 Å². The Balaban J connectivity index is 2.41. The molecule has 2 N–H and O–H groups in total. The van der Waals surface area contributed by atoms with Crippen molar-refractivity contribution in [3.8, 4) is 0 Å². The summed E-state index contributed by atoms with van der Waals surface area (Å²) < 4.78 is 36.5. The fourth-order valence-corrected chi connectivity index (χ4v) is 2.17. The van der Waals surface area contributed by atoms with Crippen molar-refractivity contribution >= 4 is 0 Å². The monoisotopic (exact) mass is 240 g/mol. The van der Waals surface area contributed by atoms with E-state index in [1.54, 1.807) is 4.90 Å². The van der Waals surface area contributed by atoms with E-state index in [9.17, 15) is 13.2 Å². The van der Waals surface area contributed by atoms with Crippen LogP contribution in [0, 0.1) is 5.92 Å². The molecule has 0 bridgehead atoms. The number of halogens is 3. The molecule has 1 aliphatic heterocycles. The summed E-state index contributed by atoms with van der Waals surface area (Å²) >= 11 is 0. The van der Waals surface area contributed by atoms with E-state index < -0.39 is 12.3 Å². The van der Waals surface area contributed by atoms with Crippen LogP contribution < -0.4 is 5.32 Å². The van der Waals surface area contributed by atoms with Crippen molar-refractivity contribution in [1.82, 2.24) is 10.2 Å². The summed E-state index contributed by atoms with van der Waals surface area (Å²) in [6, 6.07) is 0.360. The summed E-state index contributed by atoms with van der Waals surface area (Å²) in [5.41, 5.74) is 0. The number of likely N-dealkylation sites (tertiary alicyclic amines) is 1. The zero-order chi connectivity index (χ0) is 12.3. The van der Waals surface area contributed by atoms with Crippen molar-refractivity contribution in [2.75, 3.05) is 26.7 Å². The van der Waals surface area contributed by atoms with Gasteiger partial charge in [0.2, 0.25) is 0 Å². The Morgan fingerprint density at radius 3 is 2.56 bits per heavy atom. The number of aliphatic hydroxyl groups is 1. The topological polar surface area (TPSA) is 35.5 Å². The maximum absolute atomic E-state index is 12.2. The van der Waals surface area contributed by atoms with E-state index in [1.807, 2.05) is 14.0 Å². The number of β-amino-alcohol motifs (C(OH)–C–C–N with tert-alkyl or cyclic N) is 1. The normalized spacial score (nSPS) is 30.4. The molecule has 3 nitrogen and oxygen atoms in total. The van der Waals surface area contributed by atoms with Crippen LogP contribution in [-0.4, -0.2) is 55.0 Å². The first-order chi connectivity index (χ1) is 7.34. The number of piperidine rings is 1. The van der Waals surface area contributed by atoms with Crippen LogP contribution in [-0.2, 0) is 0 Å². The molecule has 1 fully saturated rings. The second-order valence-electron chi connectivity index (χ2n) is 4.48. The lowest BCUT2D eigenvalue weighted by Crippen LogP contribution is -2.50. The number of nitrogens with zero attached hydrogens (tertiary/aromatic N) is 1. The molecule has 0 spiro atoms. The molecule has 6 heteroatoms. The van der Waals surface area contributed by atoms with Gasteiger partial charge in [0, 0.05) is 19.1 Å². The van der Waals surface area contributed by atoms with Crippen LogP contribution in [0.3, 0.4) is 0 Å². The number of rotatable bonds is 3. The van der Waals surface area contributed by atoms with Gasteiger partial charge < -0.3 is 15.3 Å². The number of hydrogen-bond donors (Lipinski definition) is 2. The predicted octanol–water partition coefficient (Wildman–Crippen LogP) is 0.839. The first kappa shape index (κ1) is 13.7. The van der Waals surface area contributed by atoms with Gasteiger partial charge in [0.15, 0.2) is 6.10 Å². The van der Waals surface area contributed by atoms with Crippen LogP contribution in [0.15, 0.2) is 0 Å². The molecular formula is C10H19F3N2O. The smallest absolute Gasteiger partial charge is 0.382 e. The molecule has 96 valence electrons. The summed E-state index contributed by atoms with van der Waals surface area (Å²) in [6.45, 7) is 2.89. The van der Waals surface area contributed by atoms with Gasteiger partial charge in [-0.15, -0.1) is 0 Å². The molecule has 0 radical (unpaired) electrons. The fraction of sp³-hybridized carbons (Fsp3) is 1.00. The first-order valence-electron chi connectivity index (χ1n) is 5.49. The number of alkyl halides is 3. The molecule has 1 saturated heterocycles. The standard InChI is InChI=1S/C10H19F3N2O/c1-7-5-15(4-3-8(7)14-2)6-9(16)10(11,12)13/h7-9,14,16H,3-6H2,1-2H3. The molecule has 16 heavy (non-hydrogen) atoms. The molecule has 0 amide bonds. The second-order valence-corrected chi connectivity index (χ2v) is 4.48. The molecule has 3 unspecified atom stereocenters. The van der Waals surface area contributed by atoms with Gasteiger partial charge in [0.05, 0.1) is 0 Å². The Labute approximate surface area is 93.6 Å². The second kappa shape index (κ2) is 5.33. The Hall–Kier alpha value is -0.330. The van der Waals surface area contributed by atoms with Gasteiger partial charge in [0.1, 0.15) is 0 Å². The molecule has 0 aromatic carbocycles. The van der Waals surface area contributed by atoms with E-state index in [1.165, 1.54) is 0 Å². The Bertz CT molecular complexity index is 223. The van der Waals surface area contributed by atoms with Gasteiger partial charge in [-0.2, -0.15) is 13.2 Å². The van der Waals surface area contributed by atoms with Crippen molar-refractivity contribution in [3.05, 3.63) is 0 Å². The number of aliphatic hydroxyl groups excluding tert-OH is 1. The summed E-state index contributed by atoms with van der Waals surface area (Å²) in [5, 5.41) is 12.1. The van der Waals surface area contributed by atoms with Crippen LogP contribution in [0.5, 0.6) is 0 Å². The minimum absolute atomic E-state index is 0.305. The maximum Gasteiger partial charge on any atom is 0.415 e. The van der Waals surface area contributed by atoms with Gasteiger partial charge in [-0.05, 0) is 25.9 Å². The van der Waals surface area contributed by atoms with Gasteiger partial charge in [-0.1, -0.05) is 6.92 Å². The SMILES string of the molecule is CNC1CCN(CC(O)C(F)(F)F)CC1C. The third-order valence-corrected chi connectivity index (χ3v) is 3.17. The van der Waals surface area contributed by atoms with Crippen LogP contribution in [0.4, 0.5) is 13.2 Å². The highest BCUT2D eigenvalue weighted by Crippen LogP contribution is 2.23. The zero-order valence-corrected chi connectivity index (χ0v) is 9.59. The van der Waals surface area contributed by atoms with E-state index in [2.05, 4.69) is 5.32 Å². The van der Waals surface area contributed by atoms with E-state index in [-0.39, 0.29) is 6.54 Å². The quantitative estimate of drug-likeness (QED) is 0.767. The van der Waals surface area contributed by atoms with Crippen LogP contribution in [0.25, 0.3) is 0 Å². The minimum Gasteiger partial charge on any atom is -0.382 e. The lowest BCUT2D eigenvalue weighted by Gasteiger charge is -2.37. The highest BCUT2D eigenvalue weighted by molar-refractivity contribution is 4.83. The van der Waals surface area contributed by atoms with Crippen molar-refractivity contribution in [3.63, 3.8) is 0 Å². The molecule has 3 atom stereocenters. The molecule has 0 aromatic rings. The molecular weight excluding hydrogens is 221 g/mol. The minimum atomic E-state index is -4.51. The van der Waals surface area contributed by atoms with Crippen molar-refractivity contribution in [2.24, 2.45) is 5.92 Å². The first-order valence-corrected chi connectivity index (χ1v) is 5.49. The molecule has 1 rings (SSSR count). The highest BCUT2D eigenvalue weighted by Gasteiger charge is 2.40. The Morgan fingerprint density at radius 2 is 2.12 bits per heavy atom. The summed E-state index contributed by atoms with van der Waals surface area (Å²) in [6.07, 6.45) is -5.92. The predicted molar refractivity (Wildman–Crippen MR) is 55.1 cm³/mol. The summed E-state index contributed by atoms with van der Waals surface area (Å²) in [7, 11) is 1.86. The zero-order valence-electron chi connectivity index (χ0n) is 9.59. The highest BCUT2D eigenvalue weighted by atomic mass is 19.4. The molecule has 1 aliphatic rings. The third-order valence-electron chi connectivity index (χ3n) is 3.17. The van der Waals surface area contributed by atoms with Crippen molar-refractivity contribution < 1.29 is 18.3 Å². The molecule has 0 aliphatic carbocycles. The number of hydrogen-bond acceptors (Lipinski definition) is 3. The van der Waals surface area contributed by atoms with Crippen molar-refractivity contribution in [1.29, 1.82) is 0 Å². The summed E-state index contributed by atoms with van der Waals surface area (Å²) in [4.78, 5) is 1.68. The average Bonchev–Trinajstić information content (AvgIpc) is 2.16. The average molecular weight is 240 g/mol. The lowest BCUT2D eigenvalue weighted by molar-refractivity contribution is -0.209.